The monoisotopic (exact) mass is 400 g/mol. The third-order valence-electron chi connectivity index (χ3n) is 4.53. The van der Waals surface area contributed by atoms with E-state index in [0.29, 0.717) is 0 Å². The lowest BCUT2D eigenvalue weighted by atomic mass is 10.0. The van der Waals surface area contributed by atoms with E-state index in [0.717, 1.165) is 22.7 Å². The maximum absolute atomic E-state index is 12.6. The van der Waals surface area contributed by atoms with Gasteiger partial charge < -0.3 is 30.3 Å². The van der Waals surface area contributed by atoms with Crippen LogP contribution in [0.4, 0.5) is 0 Å². The summed E-state index contributed by atoms with van der Waals surface area (Å²) in [5, 5.41) is 13.1. The molecule has 0 radical (unpaired) electrons. The highest BCUT2D eigenvalue weighted by molar-refractivity contribution is 5.95. The normalized spacial score (nSPS) is 14.3. The number of aliphatic hydroxyl groups is 1. The van der Waals surface area contributed by atoms with Crippen molar-refractivity contribution >= 4 is 22.8 Å². The zero-order valence-corrected chi connectivity index (χ0v) is 16.2. The Balaban J connectivity index is 1.78. The van der Waals surface area contributed by atoms with Gasteiger partial charge in [0.15, 0.2) is 5.69 Å². The van der Waals surface area contributed by atoms with E-state index in [-0.39, 0.29) is 24.6 Å². The highest BCUT2D eigenvalue weighted by atomic mass is 16.5. The predicted molar refractivity (Wildman–Crippen MR) is 105 cm³/mol. The van der Waals surface area contributed by atoms with E-state index in [1.165, 1.54) is 6.92 Å². The summed E-state index contributed by atoms with van der Waals surface area (Å²) in [4.78, 5) is 32.2. The summed E-state index contributed by atoms with van der Waals surface area (Å²) in [6.45, 7) is 3.38. The molecule has 0 aliphatic rings. The van der Waals surface area contributed by atoms with Gasteiger partial charge in [0.25, 0.3) is 5.91 Å². The van der Waals surface area contributed by atoms with Crippen molar-refractivity contribution in [2.75, 3.05) is 6.61 Å². The zero-order chi connectivity index (χ0) is 21.0. The summed E-state index contributed by atoms with van der Waals surface area (Å²) < 4.78 is 10.3. The van der Waals surface area contributed by atoms with Gasteiger partial charge in [-0.25, -0.2) is 9.78 Å². The molecule has 29 heavy (non-hydrogen) atoms. The topological polar surface area (TPSA) is 143 Å². The maximum atomic E-state index is 12.6. The molecule has 2 heterocycles. The fourth-order valence-corrected chi connectivity index (χ4v) is 2.94. The number of nitrogens with zero attached hydrogens (tertiary/aromatic N) is 1. The minimum atomic E-state index is -0.910. The first-order chi connectivity index (χ1) is 13.9. The van der Waals surface area contributed by atoms with Gasteiger partial charge in [-0.15, -0.1) is 0 Å². The Morgan fingerprint density at radius 2 is 2.14 bits per heavy atom. The van der Waals surface area contributed by atoms with Gasteiger partial charge in [0.1, 0.15) is 18.3 Å². The number of aromatic nitrogens is 2. The van der Waals surface area contributed by atoms with Crippen molar-refractivity contribution in [3.63, 3.8) is 0 Å². The summed E-state index contributed by atoms with van der Waals surface area (Å²) in [7, 11) is 0. The molecule has 0 fully saturated rings. The van der Waals surface area contributed by atoms with Crippen molar-refractivity contribution in [1.29, 1.82) is 0 Å². The predicted octanol–water partition coefficient (Wildman–Crippen LogP) is 1.44. The number of nitrogens with two attached hydrogens (primary N) is 1. The molecule has 1 amide bonds. The summed E-state index contributed by atoms with van der Waals surface area (Å²) in [6, 6.07) is 5.91. The van der Waals surface area contributed by atoms with Crippen LogP contribution in [-0.4, -0.2) is 45.7 Å². The van der Waals surface area contributed by atoms with Crippen LogP contribution >= 0.6 is 0 Å². The van der Waals surface area contributed by atoms with Crippen molar-refractivity contribution in [2.24, 2.45) is 5.73 Å². The van der Waals surface area contributed by atoms with Crippen molar-refractivity contribution in [3.8, 4) is 0 Å². The molecule has 1 aromatic carbocycles. The number of fused-ring (bicyclic) bond motifs is 1. The Morgan fingerprint density at radius 1 is 1.38 bits per heavy atom. The number of oxazole rings is 1. The molecule has 0 aliphatic carbocycles. The number of hydrogen-bond donors (Lipinski definition) is 4. The Hall–Kier alpha value is -3.17. The second kappa shape index (κ2) is 8.89. The van der Waals surface area contributed by atoms with Crippen LogP contribution < -0.4 is 11.1 Å². The number of amides is 1. The van der Waals surface area contributed by atoms with Gasteiger partial charge in [0.2, 0.25) is 5.89 Å². The number of H-pyrrole nitrogens is 1. The number of hydrogen-bond acceptors (Lipinski definition) is 7. The first-order valence-electron chi connectivity index (χ1n) is 9.32. The van der Waals surface area contributed by atoms with Crippen LogP contribution in [0.5, 0.6) is 0 Å². The van der Waals surface area contributed by atoms with Gasteiger partial charge in [0, 0.05) is 23.5 Å². The molecule has 0 aliphatic heterocycles. The van der Waals surface area contributed by atoms with Gasteiger partial charge in [0.05, 0.1) is 12.7 Å². The lowest BCUT2D eigenvalue weighted by molar-refractivity contribution is -0.145. The highest BCUT2D eigenvalue weighted by Crippen LogP contribution is 2.20. The van der Waals surface area contributed by atoms with Crippen LogP contribution in [-0.2, 0) is 16.0 Å². The number of benzene rings is 1. The number of esters is 1. The minimum absolute atomic E-state index is 0.0365. The average Bonchev–Trinajstić information content (AvgIpc) is 3.34. The lowest BCUT2D eigenvalue weighted by Crippen LogP contribution is -2.43. The molecule has 0 saturated carbocycles. The lowest BCUT2D eigenvalue weighted by Gasteiger charge is -2.16. The number of rotatable bonds is 8. The molecule has 154 valence electrons. The van der Waals surface area contributed by atoms with Gasteiger partial charge in [-0.1, -0.05) is 18.2 Å². The molecule has 3 unspecified atom stereocenters. The van der Waals surface area contributed by atoms with Gasteiger partial charge >= 0.3 is 5.97 Å². The quantitative estimate of drug-likeness (QED) is 0.419. The van der Waals surface area contributed by atoms with Crippen LogP contribution in [0.2, 0.25) is 0 Å². The standard InChI is InChI=1S/C20H24N4O5/c1-3-28-20(27)15(8-12-9-22-14-7-5-4-6-13(12)14)23-18(26)16-10-29-19(24-16)17(21)11(2)25/h4-7,9-11,15,17,22,25H,3,8,21H2,1-2H3,(H,23,26). The third-order valence-corrected chi connectivity index (χ3v) is 4.53. The molecule has 0 saturated heterocycles. The SMILES string of the molecule is CCOC(=O)C(Cc1c[nH]c2ccccc12)NC(=O)c1coc(C(N)C(C)O)n1. The van der Waals surface area contributed by atoms with Crippen LogP contribution in [0.25, 0.3) is 10.9 Å². The maximum Gasteiger partial charge on any atom is 0.328 e. The molecule has 3 rings (SSSR count). The smallest absolute Gasteiger partial charge is 0.328 e. The van der Waals surface area contributed by atoms with Crippen molar-refractivity contribution in [1.82, 2.24) is 15.3 Å². The van der Waals surface area contributed by atoms with Crippen molar-refractivity contribution < 1.29 is 23.8 Å². The van der Waals surface area contributed by atoms with Gasteiger partial charge in [-0.3, -0.25) is 4.79 Å². The summed E-state index contributed by atoms with van der Waals surface area (Å²) in [5.41, 5.74) is 7.54. The Labute approximate surface area is 167 Å². The number of carbonyl (C=O) groups excluding carboxylic acids is 2. The molecule has 3 aromatic rings. The van der Waals surface area contributed by atoms with E-state index in [1.54, 1.807) is 13.1 Å². The average molecular weight is 400 g/mol. The van der Waals surface area contributed by atoms with E-state index in [4.69, 9.17) is 14.9 Å². The summed E-state index contributed by atoms with van der Waals surface area (Å²) in [5.74, 6) is -1.11. The van der Waals surface area contributed by atoms with Gasteiger partial charge in [-0.2, -0.15) is 0 Å². The zero-order valence-electron chi connectivity index (χ0n) is 16.2. The van der Waals surface area contributed by atoms with E-state index in [9.17, 15) is 14.7 Å². The Kier molecular flexibility index (Phi) is 6.30. The van der Waals surface area contributed by atoms with Gasteiger partial charge in [-0.05, 0) is 25.5 Å². The number of aliphatic hydroxyl groups excluding tert-OH is 1. The molecule has 0 bridgehead atoms. The molecule has 3 atom stereocenters. The van der Waals surface area contributed by atoms with Crippen molar-refractivity contribution in [3.05, 3.63) is 53.9 Å². The van der Waals surface area contributed by atoms with Crippen LogP contribution in [0, 0.1) is 0 Å². The van der Waals surface area contributed by atoms with E-state index < -0.39 is 30.1 Å². The van der Waals surface area contributed by atoms with Crippen LogP contribution in [0.1, 0.15) is 41.8 Å². The first-order valence-corrected chi connectivity index (χ1v) is 9.32. The molecule has 5 N–H and O–H groups in total. The summed E-state index contributed by atoms with van der Waals surface area (Å²) in [6.07, 6.45) is 2.30. The first kappa shape index (κ1) is 20.6. The molecular formula is C20H24N4O5. The van der Waals surface area contributed by atoms with Crippen molar-refractivity contribution in [2.45, 2.75) is 38.5 Å². The van der Waals surface area contributed by atoms with E-state index in [1.807, 2.05) is 24.3 Å². The minimum Gasteiger partial charge on any atom is -0.464 e. The second-order valence-electron chi connectivity index (χ2n) is 6.68. The van der Waals surface area contributed by atoms with Crippen LogP contribution in [0.3, 0.4) is 0 Å². The molecule has 9 nitrogen and oxygen atoms in total. The molecule has 9 heteroatoms. The summed E-state index contributed by atoms with van der Waals surface area (Å²) >= 11 is 0. The number of ether oxygens (including phenoxy) is 1. The van der Waals surface area contributed by atoms with E-state index in [2.05, 4.69) is 15.3 Å². The Bertz CT molecular complexity index is 994. The highest BCUT2D eigenvalue weighted by Gasteiger charge is 2.27. The fraction of sp³-hybridized carbons (Fsp3) is 0.350. The second-order valence-corrected chi connectivity index (χ2v) is 6.68. The fourth-order valence-electron chi connectivity index (χ4n) is 2.94. The Morgan fingerprint density at radius 3 is 2.86 bits per heavy atom. The number of para-hydroxylation sites is 1. The number of nitrogens with one attached hydrogen (secondary N) is 2. The number of carbonyl (C=O) groups is 2. The molecule has 2 aromatic heterocycles. The third kappa shape index (κ3) is 4.64. The van der Waals surface area contributed by atoms with E-state index >= 15 is 0 Å². The van der Waals surface area contributed by atoms with Crippen LogP contribution in [0.15, 0.2) is 41.1 Å². The largest absolute Gasteiger partial charge is 0.464 e. The number of aromatic amines is 1. The molecular weight excluding hydrogens is 376 g/mol. The molecule has 0 spiro atoms.